The van der Waals surface area contributed by atoms with Gasteiger partial charge in [0.25, 0.3) is 0 Å². The number of aromatic nitrogens is 1. The van der Waals surface area contributed by atoms with Crippen molar-refractivity contribution in [1.29, 1.82) is 0 Å². The maximum atomic E-state index is 13.8. The van der Waals surface area contributed by atoms with Crippen LogP contribution in [0.15, 0.2) is 54.6 Å². The normalized spacial score (nSPS) is 11.2. The van der Waals surface area contributed by atoms with E-state index in [1.165, 1.54) is 28.8 Å². The molecule has 1 heterocycles. The summed E-state index contributed by atoms with van der Waals surface area (Å²) < 4.78 is 29.1. The molecule has 0 aliphatic heterocycles. The van der Waals surface area contributed by atoms with Gasteiger partial charge in [0.15, 0.2) is 0 Å². The highest BCUT2D eigenvalue weighted by Crippen LogP contribution is 2.30. The Morgan fingerprint density at radius 1 is 0.897 bits per heavy atom. The summed E-state index contributed by atoms with van der Waals surface area (Å²) in [5, 5.41) is 20.7. The SMILES string of the molecule is O=C(O)Cc1c(C(=O)O)n(Cc2cccc3ccc(F)cc23)c2ccc(F)cc12. The zero-order valence-electron chi connectivity index (χ0n) is 15.0. The quantitative estimate of drug-likeness (QED) is 0.523. The predicted molar refractivity (Wildman–Crippen MR) is 103 cm³/mol. The van der Waals surface area contributed by atoms with Gasteiger partial charge in [-0.05, 0) is 46.7 Å². The molecule has 0 unspecified atom stereocenters. The van der Waals surface area contributed by atoms with Gasteiger partial charge in [-0.2, -0.15) is 0 Å². The number of aromatic carboxylic acids is 1. The van der Waals surface area contributed by atoms with E-state index in [1.807, 2.05) is 6.07 Å². The van der Waals surface area contributed by atoms with Crippen molar-refractivity contribution in [3.63, 3.8) is 0 Å². The third-order valence-corrected chi connectivity index (χ3v) is 4.92. The second-order valence-electron chi connectivity index (χ2n) is 6.73. The average molecular weight is 395 g/mol. The van der Waals surface area contributed by atoms with Crippen molar-refractivity contribution in [1.82, 2.24) is 4.57 Å². The number of fused-ring (bicyclic) bond motifs is 2. The van der Waals surface area contributed by atoms with Gasteiger partial charge in [-0.15, -0.1) is 0 Å². The van der Waals surface area contributed by atoms with Crippen LogP contribution in [0, 0.1) is 11.6 Å². The Balaban J connectivity index is 1.99. The number of nitrogens with zero attached hydrogens (tertiary/aromatic N) is 1. The maximum Gasteiger partial charge on any atom is 0.352 e. The Kier molecular flexibility index (Phi) is 4.50. The lowest BCUT2D eigenvalue weighted by molar-refractivity contribution is -0.136. The molecule has 29 heavy (non-hydrogen) atoms. The van der Waals surface area contributed by atoms with Gasteiger partial charge in [-0.25, -0.2) is 13.6 Å². The predicted octanol–water partition coefficient (Wildman–Crippen LogP) is 4.45. The van der Waals surface area contributed by atoms with Gasteiger partial charge >= 0.3 is 11.9 Å². The summed E-state index contributed by atoms with van der Waals surface area (Å²) in [7, 11) is 0. The number of halogens is 2. The Labute approximate surface area is 163 Å². The third-order valence-electron chi connectivity index (χ3n) is 4.92. The zero-order valence-corrected chi connectivity index (χ0v) is 15.0. The highest BCUT2D eigenvalue weighted by molar-refractivity contribution is 6.00. The molecule has 0 bridgehead atoms. The smallest absolute Gasteiger partial charge is 0.352 e. The summed E-state index contributed by atoms with van der Waals surface area (Å²) in [5.74, 6) is -3.55. The van der Waals surface area contributed by atoms with Crippen LogP contribution in [-0.4, -0.2) is 26.7 Å². The molecule has 0 radical (unpaired) electrons. The number of benzene rings is 3. The van der Waals surface area contributed by atoms with Crippen molar-refractivity contribution in [2.24, 2.45) is 0 Å². The molecule has 0 amide bonds. The van der Waals surface area contributed by atoms with E-state index in [1.54, 1.807) is 18.2 Å². The van der Waals surface area contributed by atoms with Gasteiger partial charge in [0.2, 0.25) is 0 Å². The zero-order chi connectivity index (χ0) is 20.7. The molecular weight excluding hydrogens is 380 g/mol. The summed E-state index contributed by atoms with van der Waals surface area (Å²) in [4.78, 5) is 23.3. The monoisotopic (exact) mass is 395 g/mol. The lowest BCUT2D eigenvalue weighted by Gasteiger charge is -2.12. The van der Waals surface area contributed by atoms with E-state index in [9.17, 15) is 28.6 Å². The van der Waals surface area contributed by atoms with Gasteiger partial charge in [0, 0.05) is 23.0 Å². The molecule has 0 aliphatic carbocycles. The van der Waals surface area contributed by atoms with Crippen LogP contribution in [0.5, 0.6) is 0 Å². The van der Waals surface area contributed by atoms with Crippen LogP contribution in [0.3, 0.4) is 0 Å². The lowest BCUT2D eigenvalue weighted by atomic mass is 10.0. The Morgan fingerprint density at radius 3 is 2.28 bits per heavy atom. The van der Waals surface area contributed by atoms with Gasteiger partial charge in [0.1, 0.15) is 17.3 Å². The number of hydrogen-bond acceptors (Lipinski definition) is 2. The number of carbonyl (C=O) groups is 2. The van der Waals surface area contributed by atoms with Crippen LogP contribution in [0.2, 0.25) is 0 Å². The summed E-state index contributed by atoms with van der Waals surface area (Å²) in [5.41, 5.74) is 0.869. The molecule has 7 heteroatoms. The molecule has 4 aromatic rings. The van der Waals surface area contributed by atoms with E-state index < -0.39 is 30.0 Å². The standard InChI is InChI=1S/C22H15F2NO4/c23-14-5-4-12-2-1-3-13(16(12)8-14)11-25-19-7-6-15(24)9-17(19)18(10-20(26)27)21(25)22(28)29/h1-9H,10-11H2,(H,26,27)(H,28,29). The molecule has 0 saturated heterocycles. The van der Waals surface area contributed by atoms with Crippen LogP contribution >= 0.6 is 0 Å². The largest absolute Gasteiger partial charge is 0.481 e. The molecule has 146 valence electrons. The van der Waals surface area contributed by atoms with Gasteiger partial charge in [-0.1, -0.05) is 24.3 Å². The minimum absolute atomic E-state index is 0.0333. The number of aliphatic carboxylic acids is 1. The van der Waals surface area contributed by atoms with E-state index >= 15 is 0 Å². The highest BCUT2D eigenvalue weighted by atomic mass is 19.1. The minimum atomic E-state index is -1.32. The Morgan fingerprint density at radius 2 is 1.59 bits per heavy atom. The molecule has 0 fully saturated rings. The summed E-state index contributed by atoms with van der Waals surface area (Å²) >= 11 is 0. The minimum Gasteiger partial charge on any atom is -0.481 e. The molecule has 1 aromatic heterocycles. The number of rotatable bonds is 5. The number of carboxylic acids is 2. The molecule has 0 saturated carbocycles. The van der Waals surface area contributed by atoms with E-state index in [0.29, 0.717) is 16.5 Å². The molecule has 5 nitrogen and oxygen atoms in total. The fourth-order valence-corrected chi connectivity index (χ4v) is 3.75. The van der Waals surface area contributed by atoms with E-state index in [2.05, 4.69) is 0 Å². The summed E-state index contributed by atoms with van der Waals surface area (Å²) in [6.07, 6.45) is -0.557. The molecular formula is C22H15F2NO4. The van der Waals surface area contributed by atoms with Gasteiger partial charge in [0.05, 0.1) is 6.42 Å². The molecule has 2 N–H and O–H groups in total. The van der Waals surface area contributed by atoms with Crippen LogP contribution in [0.1, 0.15) is 21.6 Å². The molecule has 0 atom stereocenters. The van der Waals surface area contributed by atoms with Crippen molar-refractivity contribution in [3.8, 4) is 0 Å². The van der Waals surface area contributed by atoms with Crippen molar-refractivity contribution in [3.05, 3.63) is 83.1 Å². The summed E-state index contributed by atoms with van der Waals surface area (Å²) in [6, 6.07) is 13.4. The van der Waals surface area contributed by atoms with Crippen molar-refractivity contribution < 1.29 is 28.6 Å². The highest BCUT2D eigenvalue weighted by Gasteiger charge is 2.24. The molecule has 0 aliphatic rings. The Hall–Kier alpha value is -3.74. The van der Waals surface area contributed by atoms with Crippen molar-refractivity contribution in [2.45, 2.75) is 13.0 Å². The first-order chi connectivity index (χ1) is 13.8. The van der Waals surface area contributed by atoms with Crippen molar-refractivity contribution >= 4 is 33.6 Å². The summed E-state index contributed by atoms with van der Waals surface area (Å²) in [6.45, 7) is 0.0597. The fourth-order valence-electron chi connectivity index (χ4n) is 3.75. The van der Waals surface area contributed by atoms with Crippen LogP contribution < -0.4 is 0 Å². The topological polar surface area (TPSA) is 79.5 Å². The van der Waals surface area contributed by atoms with Crippen LogP contribution in [0.25, 0.3) is 21.7 Å². The van der Waals surface area contributed by atoms with Crippen molar-refractivity contribution in [2.75, 3.05) is 0 Å². The maximum absolute atomic E-state index is 13.8. The van der Waals surface area contributed by atoms with Crippen LogP contribution in [0.4, 0.5) is 8.78 Å². The second-order valence-corrected chi connectivity index (χ2v) is 6.73. The number of carboxylic acid groups (broad SMARTS) is 2. The van der Waals surface area contributed by atoms with E-state index in [4.69, 9.17) is 0 Å². The first-order valence-electron chi connectivity index (χ1n) is 8.78. The Bertz CT molecular complexity index is 1290. The van der Waals surface area contributed by atoms with Gasteiger partial charge < -0.3 is 14.8 Å². The fraction of sp³-hybridized carbons (Fsp3) is 0.0909. The molecule has 0 spiro atoms. The first-order valence-corrected chi connectivity index (χ1v) is 8.78. The van der Waals surface area contributed by atoms with E-state index in [-0.39, 0.29) is 23.2 Å². The van der Waals surface area contributed by atoms with Crippen LogP contribution in [-0.2, 0) is 17.8 Å². The first kappa shape index (κ1) is 18.6. The second kappa shape index (κ2) is 7.01. The lowest BCUT2D eigenvalue weighted by Crippen LogP contribution is -2.13. The third kappa shape index (κ3) is 3.31. The molecule has 3 aromatic carbocycles. The van der Waals surface area contributed by atoms with Gasteiger partial charge in [-0.3, -0.25) is 4.79 Å². The average Bonchev–Trinajstić information content (AvgIpc) is 2.94. The van der Waals surface area contributed by atoms with E-state index in [0.717, 1.165) is 11.5 Å². The molecule has 4 rings (SSSR count). The number of hydrogen-bond donors (Lipinski definition) is 2.